The molecule has 2 aromatic rings. The molecule has 29 heavy (non-hydrogen) atoms. The number of nitrogens with zero attached hydrogens (tertiary/aromatic N) is 1. The van der Waals surface area contributed by atoms with Gasteiger partial charge in [0.2, 0.25) is 0 Å². The van der Waals surface area contributed by atoms with Gasteiger partial charge in [-0.3, -0.25) is 0 Å². The van der Waals surface area contributed by atoms with Crippen molar-refractivity contribution in [3.05, 3.63) is 63.2 Å². The number of esters is 1. The van der Waals surface area contributed by atoms with E-state index in [1.54, 1.807) is 50.2 Å². The summed E-state index contributed by atoms with van der Waals surface area (Å²) in [7, 11) is -2.88. The first-order chi connectivity index (χ1) is 13.7. The van der Waals surface area contributed by atoms with Crippen LogP contribution in [0.25, 0.3) is 0 Å². The van der Waals surface area contributed by atoms with Crippen molar-refractivity contribution in [2.24, 2.45) is 5.92 Å². The van der Waals surface area contributed by atoms with Gasteiger partial charge in [0.15, 0.2) is 0 Å². The van der Waals surface area contributed by atoms with Crippen molar-refractivity contribution in [3.8, 4) is 0 Å². The third-order valence-corrected chi connectivity index (χ3v) is 11.9. The molecule has 0 saturated heterocycles. The third-order valence-electron chi connectivity index (χ3n) is 4.41. The average Bonchev–Trinajstić information content (AvgIpc) is 2.94. The van der Waals surface area contributed by atoms with E-state index in [2.05, 4.69) is 0 Å². The number of hydrogen-bond donors (Lipinski definition) is 0. The molecule has 1 amide bonds. The minimum atomic E-state index is -4.13. The number of hydrogen-bond acceptors (Lipinski definition) is 6. The number of amides is 1. The van der Waals surface area contributed by atoms with Crippen molar-refractivity contribution >= 4 is 42.5 Å². The maximum atomic E-state index is 13.1. The molecule has 2 aromatic carbocycles. The van der Waals surface area contributed by atoms with Crippen molar-refractivity contribution in [2.75, 3.05) is 7.11 Å². The summed E-state index contributed by atoms with van der Waals surface area (Å²) in [6.07, 6.45) is 0. The van der Waals surface area contributed by atoms with E-state index in [1.165, 1.54) is 22.4 Å². The molecule has 0 saturated carbocycles. The molecule has 0 aliphatic carbocycles. The topological polar surface area (TPSA) is 90.0 Å². The van der Waals surface area contributed by atoms with Gasteiger partial charge in [0.1, 0.15) is 0 Å². The van der Waals surface area contributed by atoms with E-state index >= 15 is 0 Å². The van der Waals surface area contributed by atoms with E-state index in [-0.39, 0.29) is 10.8 Å². The van der Waals surface area contributed by atoms with Crippen LogP contribution in [0.4, 0.5) is 0 Å². The fourth-order valence-electron chi connectivity index (χ4n) is 2.91. The number of aryl methyl sites for hydroxylation is 1. The number of benzene rings is 2. The van der Waals surface area contributed by atoms with Crippen LogP contribution in [-0.2, 0) is 22.2 Å². The predicted octanol–water partition coefficient (Wildman–Crippen LogP) is 3.56. The van der Waals surface area contributed by atoms with Crippen molar-refractivity contribution in [2.45, 2.75) is 31.7 Å². The Morgan fingerprint density at radius 3 is 2.28 bits per heavy atom. The van der Waals surface area contributed by atoms with Crippen LogP contribution in [0.5, 0.6) is 0 Å². The first-order valence-electron chi connectivity index (χ1n) is 8.89. The fourth-order valence-corrected chi connectivity index (χ4v) is 10.9. The van der Waals surface area contributed by atoms with Gasteiger partial charge in [-0.2, -0.15) is 0 Å². The molecule has 1 atom stereocenters. The Bertz CT molecular complexity index is 1040. The van der Waals surface area contributed by atoms with Crippen LogP contribution >= 0.6 is 20.5 Å². The van der Waals surface area contributed by atoms with E-state index in [0.29, 0.717) is 9.13 Å². The van der Waals surface area contributed by atoms with Crippen molar-refractivity contribution in [1.82, 2.24) is 3.11 Å². The van der Waals surface area contributed by atoms with Crippen LogP contribution in [0.15, 0.2) is 53.4 Å². The number of ether oxygens (including phenoxy) is 1. The zero-order valence-corrected chi connectivity index (χ0v) is 19.4. The molecule has 0 fully saturated rings. The molecule has 0 N–H and O–H groups in total. The Balaban J connectivity index is 2.08. The average molecular weight is 531 g/mol. The Kier molecular flexibility index (Phi) is 6.30. The summed E-state index contributed by atoms with van der Waals surface area (Å²) in [5, 5.41) is 0. The second kappa shape index (κ2) is 8.41. The summed E-state index contributed by atoms with van der Waals surface area (Å²) in [5.41, 5.74) is 1.28. The second-order valence-electron chi connectivity index (χ2n) is 6.87. The fraction of sp³-hybridized carbons (Fsp3) is 0.300. The number of methoxy groups -OCH3 is 1. The summed E-state index contributed by atoms with van der Waals surface area (Å²) in [4.78, 5) is 25.6. The van der Waals surface area contributed by atoms with Gasteiger partial charge in [-0.25, -0.2) is 0 Å². The van der Waals surface area contributed by atoms with Crippen molar-refractivity contribution in [1.29, 1.82) is 0 Å². The van der Waals surface area contributed by atoms with Crippen LogP contribution in [0.1, 0.15) is 29.8 Å². The van der Waals surface area contributed by atoms with Crippen LogP contribution in [0.3, 0.4) is 0 Å². The molecule has 1 heterocycles. The Morgan fingerprint density at radius 1 is 1.07 bits per heavy atom. The molecular formula is C20H22INO6S. The van der Waals surface area contributed by atoms with E-state index in [9.17, 15) is 18.0 Å². The predicted molar refractivity (Wildman–Crippen MR) is 115 cm³/mol. The molecule has 1 aliphatic rings. The van der Waals surface area contributed by atoms with E-state index in [0.717, 1.165) is 5.56 Å². The normalized spacial score (nSPS) is 16.1. The number of carbonyl (C=O) groups is 2. The molecule has 0 radical (unpaired) electrons. The molecule has 0 aromatic heterocycles. The van der Waals surface area contributed by atoms with Crippen molar-refractivity contribution in [3.63, 3.8) is 0 Å². The van der Waals surface area contributed by atoms with Gasteiger partial charge in [0.25, 0.3) is 0 Å². The maximum absolute atomic E-state index is 13.1. The van der Waals surface area contributed by atoms with Gasteiger partial charge in [0.05, 0.1) is 0 Å². The Hall–Kier alpha value is -1.98. The zero-order valence-electron chi connectivity index (χ0n) is 16.5. The van der Waals surface area contributed by atoms with Gasteiger partial charge in [-0.1, -0.05) is 0 Å². The molecule has 7 nitrogen and oxygen atoms in total. The molecule has 0 bridgehead atoms. The summed E-state index contributed by atoms with van der Waals surface area (Å²) in [6.45, 7) is 5.41. The van der Waals surface area contributed by atoms with Crippen LogP contribution < -0.4 is 0 Å². The van der Waals surface area contributed by atoms with Crippen LogP contribution in [0.2, 0.25) is 0 Å². The third kappa shape index (κ3) is 4.17. The Labute approximate surface area is 178 Å². The first kappa shape index (κ1) is 21.7. The van der Waals surface area contributed by atoms with Gasteiger partial charge in [-0.15, -0.1) is 0 Å². The zero-order chi connectivity index (χ0) is 21.3. The monoisotopic (exact) mass is 531 g/mol. The quantitative estimate of drug-likeness (QED) is 0.322. The van der Waals surface area contributed by atoms with Gasteiger partial charge in [0, 0.05) is 0 Å². The summed E-state index contributed by atoms with van der Waals surface area (Å²) in [6, 6.07) is 12.1. The summed E-state index contributed by atoms with van der Waals surface area (Å²) in [5.74, 6) is -1.29. The van der Waals surface area contributed by atoms with Gasteiger partial charge >= 0.3 is 179 Å². The molecule has 0 spiro atoms. The second-order valence-corrected chi connectivity index (χ2v) is 13.0. The van der Waals surface area contributed by atoms with Crippen LogP contribution in [-0.4, -0.2) is 36.6 Å². The van der Waals surface area contributed by atoms with Gasteiger partial charge < -0.3 is 0 Å². The number of halogens is 1. The van der Waals surface area contributed by atoms with Gasteiger partial charge in [-0.05, 0) is 0 Å². The van der Waals surface area contributed by atoms with Crippen molar-refractivity contribution < 1.29 is 25.3 Å². The first-order valence-corrected chi connectivity index (χ1v) is 13.2. The minimum absolute atomic E-state index is 0.0105. The van der Waals surface area contributed by atoms with E-state index < -0.39 is 48.5 Å². The molecule has 156 valence electrons. The van der Waals surface area contributed by atoms with Crippen LogP contribution in [0, 0.1) is 16.4 Å². The number of rotatable bonds is 6. The van der Waals surface area contributed by atoms with E-state index in [1.807, 2.05) is 6.92 Å². The molecule has 1 aliphatic heterocycles. The number of carbonyl (C=O) groups excluding carboxylic acids is 2. The van der Waals surface area contributed by atoms with E-state index in [4.69, 9.17) is 7.25 Å². The number of fused-ring (bicyclic) bond motifs is 1. The molecule has 3 rings (SSSR count). The molecular weight excluding hydrogens is 509 g/mol. The standard InChI is InChI=1S/C20H22INO6S/c1-13(2)18(20(24)27-4)22-19(23)16-7-5-6-8-17(16)21(22)28-29(25,26)15-11-9-14(3)10-12-15/h5-13,18H,1-4H3/t18-/m0/s1. The Morgan fingerprint density at radius 2 is 1.69 bits per heavy atom. The SMILES string of the molecule is COC(=O)[C@H](C(C)C)N1C(=O)c2ccccc2I1OS(=O)(=O)c1ccc(C)cc1. The summed E-state index contributed by atoms with van der Waals surface area (Å²) < 4.78 is 38.4. The molecule has 9 heteroatoms. The molecule has 0 unspecified atom stereocenters. The summed E-state index contributed by atoms with van der Waals surface area (Å²) >= 11 is -3.28.